The van der Waals surface area contributed by atoms with E-state index < -0.39 is 0 Å². The van der Waals surface area contributed by atoms with E-state index in [-0.39, 0.29) is 0 Å². The molecule has 0 saturated carbocycles. The highest BCUT2D eigenvalue weighted by Crippen LogP contribution is 2.28. The highest BCUT2D eigenvalue weighted by molar-refractivity contribution is 5.46. The van der Waals surface area contributed by atoms with Crippen molar-refractivity contribution < 1.29 is 14.2 Å². The number of hydrogen-bond acceptors (Lipinski definition) is 5. The molecule has 0 spiro atoms. The van der Waals surface area contributed by atoms with Crippen LogP contribution in [-0.4, -0.2) is 19.2 Å². The molecule has 0 aliphatic rings. The van der Waals surface area contributed by atoms with E-state index in [2.05, 4.69) is 11.1 Å². The third-order valence-corrected chi connectivity index (χ3v) is 2.88. The number of nitrogens with zero attached hydrogens (tertiary/aromatic N) is 2. The fourth-order valence-electron chi connectivity index (χ4n) is 1.90. The molecule has 0 amide bonds. The standard InChI is InChI=1S/C16H16N2O3/c1-11-6-14(19-2)8-13(18-11)10-21-15-5-4-12(9-17)7-16(15)20-3/h4-8H,10H2,1-3H3. The van der Waals surface area contributed by atoms with E-state index in [0.29, 0.717) is 23.7 Å². The number of aromatic nitrogens is 1. The van der Waals surface area contributed by atoms with Crippen molar-refractivity contribution in [3.05, 3.63) is 47.3 Å². The van der Waals surface area contributed by atoms with Gasteiger partial charge in [-0.2, -0.15) is 5.26 Å². The van der Waals surface area contributed by atoms with Crippen LogP contribution in [0.15, 0.2) is 30.3 Å². The third kappa shape index (κ3) is 3.63. The SMILES string of the molecule is COc1cc(C)nc(COc2ccc(C#N)cc2OC)c1. The van der Waals surface area contributed by atoms with E-state index in [1.807, 2.05) is 19.1 Å². The van der Waals surface area contributed by atoms with E-state index >= 15 is 0 Å². The average Bonchev–Trinajstić information content (AvgIpc) is 2.52. The molecule has 0 bridgehead atoms. The minimum atomic E-state index is 0.292. The summed E-state index contributed by atoms with van der Waals surface area (Å²) in [6.07, 6.45) is 0. The number of nitriles is 1. The van der Waals surface area contributed by atoms with Crippen molar-refractivity contribution in [1.82, 2.24) is 4.98 Å². The van der Waals surface area contributed by atoms with Gasteiger partial charge in [0, 0.05) is 23.9 Å². The Labute approximate surface area is 123 Å². The summed E-state index contributed by atoms with van der Waals surface area (Å²) in [6, 6.07) is 10.8. The van der Waals surface area contributed by atoms with Gasteiger partial charge >= 0.3 is 0 Å². The second-order valence-electron chi connectivity index (χ2n) is 4.41. The van der Waals surface area contributed by atoms with Crippen molar-refractivity contribution in [2.75, 3.05) is 14.2 Å². The van der Waals surface area contributed by atoms with Gasteiger partial charge in [0.2, 0.25) is 0 Å². The molecule has 5 nitrogen and oxygen atoms in total. The predicted octanol–water partition coefficient (Wildman–Crippen LogP) is 2.86. The molecule has 0 saturated heterocycles. The number of methoxy groups -OCH3 is 2. The lowest BCUT2D eigenvalue weighted by Crippen LogP contribution is -2.02. The van der Waals surface area contributed by atoms with Crippen LogP contribution in [-0.2, 0) is 6.61 Å². The van der Waals surface area contributed by atoms with Gasteiger partial charge in [0.15, 0.2) is 11.5 Å². The summed E-state index contributed by atoms with van der Waals surface area (Å²) in [5.41, 5.74) is 2.15. The van der Waals surface area contributed by atoms with Crippen LogP contribution in [0, 0.1) is 18.3 Å². The minimum absolute atomic E-state index is 0.292. The van der Waals surface area contributed by atoms with E-state index in [1.165, 1.54) is 7.11 Å². The van der Waals surface area contributed by atoms with Gasteiger partial charge in [0.1, 0.15) is 12.4 Å². The molecule has 5 heteroatoms. The molecule has 2 rings (SSSR count). The number of rotatable bonds is 5. The van der Waals surface area contributed by atoms with Crippen molar-refractivity contribution in [2.45, 2.75) is 13.5 Å². The summed E-state index contributed by atoms with van der Waals surface area (Å²) in [4.78, 5) is 4.39. The molecule has 1 heterocycles. The second-order valence-corrected chi connectivity index (χ2v) is 4.41. The van der Waals surface area contributed by atoms with Crippen LogP contribution >= 0.6 is 0 Å². The van der Waals surface area contributed by atoms with Crippen LogP contribution in [0.4, 0.5) is 0 Å². The Morgan fingerprint density at radius 2 is 1.90 bits per heavy atom. The van der Waals surface area contributed by atoms with Crippen molar-refractivity contribution in [2.24, 2.45) is 0 Å². The molecule has 108 valence electrons. The van der Waals surface area contributed by atoms with E-state index in [9.17, 15) is 0 Å². The maximum absolute atomic E-state index is 8.87. The van der Waals surface area contributed by atoms with E-state index in [4.69, 9.17) is 19.5 Å². The molecule has 0 fully saturated rings. The Balaban J connectivity index is 2.16. The maximum atomic E-state index is 8.87. The Morgan fingerprint density at radius 3 is 2.57 bits per heavy atom. The molecule has 2 aromatic rings. The Kier molecular flexibility index (Phi) is 4.62. The zero-order valence-corrected chi connectivity index (χ0v) is 12.2. The van der Waals surface area contributed by atoms with Crippen molar-refractivity contribution in [3.63, 3.8) is 0 Å². The van der Waals surface area contributed by atoms with Gasteiger partial charge in [-0.15, -0.1) is 0 Å². The molecule has 0 N–H and O–H groups in total. The lowest BCUT2D eigenvalue weighted by atomic mass is 10.2. The van der Waals surface area contributed by atoms with Gasteiger partial charge in [-0.3, -0.25) is 4.98 Å². The van der Waals surface area contributed by atoms with Crippen LogP contribution in [0.3, 0.4) is 0 Å². The van der Waals surface area contributed by atoms with Gasteiger partial charge in [-0.25, -0.2) is 0 Å². The first kappa shape index (κ1) is 14.7. The lowest BCUT2D eigenvalue weighted by molar-refractivity contribution is 0.279. The molecule has 0 unspecified atom stereocenters. The van der Waals surface area contributed by atoms with Gasteiger partial charge in [-0.05, 0) is 19.1 Å². The molecule has 0 aliphatic heterocycles. The summed E-state index contributed by atoms with van der Waals surface area (Å²) in [7, 11) is 3.15. The molecule has 1 aromatic carbocycles. The molecule has 0 aliphatic carbocycles. The number of benzene rings is 1. The summed E-state index contributed by atoms with van der Waals surface area (Å²) in [6.45, 7) is 2.19. The molecule has 1 aromatic heterocycles. The maximum Gasteiger partial charge on any atom is 0.162 e. The number of hydrogen-bond donors (Lipinski definition) is 0. The molecule has 21 heavy (non-hydrogen) atoms. The van der Waals surface area contributed by atoms with Crippen LogP contribution in [0.1, 0.15) is 17.0 Å². The van der Waals surface area contributed by atoms with Crippen molar-refractivity contribution >= 4 is 0 Å². The quantitative estimate of drug-likeness (QED) is 0.844. The summed E-state index contributed by atoms with van der Waals surface area (Å²) >= 11 is 0. The minimum Gasteiger partial charge on any atom is -0.497 e. The van der Waals surface area contributed by atoms with Crippen LogP contribution < -0.4 is 14.2 Å². The topological polar surface area (TPSA) is 64.4 Å². The molecule has 0 radical (unpaired) electrons. The summed E-state index contributed by atoms with van der Waals surface area (Å²) in [5.74, 6) is 1.83. The first-order valence-electron chi connectivity index (χ1n) is 6.38. The third-order valence-electron chi connectivity index (χ3n) is 2.88. The Bertz CT molecular complexity index is 678. The number of aryl methyl sites for hydroxylation is 1. The second kappa shape index (κ2) is 6.62. The normalized spacial score (nSPS) is 9.81. The van der Waals surface area contributed by atoms with Gasteiger partial charge < -0.3 is 14.2 Å². The zero-order chi connectivity index (χ0) is 15.2. The Hall–Kier alpha value is -2.74. The highest BCUT2D eigenvalue weighted by Gasteiger charge is 2.07. The first-order valence-corrected chi connectivity index (χ1v) is 6.38. The van der Waals surface area contributed by atoms with E-state index in [0.717, 1.165) is 17.1 Å². The largest absolute Gasteiger partial charge is 0.497 e. The fourth-order valence-corrected chi connectivity index (χ4v) is 1.90. The van der Waals surface area contributed by atoms with Crippen LogP contribution in [0.2, 0.25) is 0 Å². The van der Waals surface area contributed by atoms with Gasteiger partial charge in [-0.1, -0.05) is 0 Å². The number of ether oxygens (including phenoxy) is 3. The monoisotopic (exact) mass is 284 g/mol. The fraction of sp³-hybridized carbons (Fsp3) is 0.250. The lowest BCUT2D eigenvalue weighted by Gasteiger charge is -2.11. The van der Waals surface area contributed by atoms with Crippen LogP contribution in [0.25, 0.3) is 0 Å². The van der Waals surface area contributed by atoms with Gasteiger partial charge in [0.25, 0.3) is 0 Å². The van der Waals surface area contributed by atoms with E-state index in [1.54, 1.807) is 25.3 Å². The smallest absolute Gasteiger partial charge is 0.162 e. The molecular weight excluding hydrogens is 268 g/mol. The highest BCUT2D eigenvalue weighted by atomic mass is 16.5. The number of pyridine rings is 1. The van der Waals surface area contributed by atoms with Crippen molar-refractivity contribution in [3.8, 4) is 23.3 Å². The van der Waals surface area contributed by atoms with Gasteiger partial charge in [0.05, 0.1) is 31.5 Å². The average molecular weight is 284 g/mol. The van der Waals surface area contributed by atoms with Crippen molar-refractivity contribution in [1.29, 1.82) is 5.26 Å². The first-order chi connectivity index (χ1) is 10.2. The van der Waals surface area contributed by atoms with Crippen LogP contribution in [0.5, 0.6) is 17.2 Å². The summed E-state index contributed by atoms with van der Waals surface area (Å²) in [5, 5.41) is 8.87. The zero-order valence-electron chi connectivity index (χ0n) is 12.2. The Morgan fingerprint density at radius 1 is 1.10 bits per heavy atom. The molecular formula is C16H16N2O3. The summed E-state index contributed by atoms with van der Waals surface area (Å²) < 4.78 is 16.1. The predicted molar refractivity (Wildman–Crippen MR) is 77.6 cm³/mol. The molecule has 0 atom stereocenters.